The van der Waals surface area contributed by atoms with Gasteiger partial charge in [0.05, 0.1) is 13.5 Å². The summed E-state index contributed by atoms with van der Waals surface area (Å²) in [6, 6.07) is 13.5. The van der Waals surface area contributed by atoms with Gasteiger partial charge in [0.15, 0.2) is 0 Å². The van der Waals surface area contributed by atoms with Crippen molar-refractivity contribution in [3.8, 4) is 5.75 Å². The van der Waals surface area contributed by atoms with Gasteiger partial charge in [-0.05, 0) is 48.9 Å². The molecule has 0 saturated heterocycles. The molecule has 0 bridgehead atoms. The molecule has 0 radical (unpaired) electrons. The van der Waals surface area contributed by atoms with E-state index in [1.165, 1.54) is 5.56 Å². The Hall–Kier alpha value is -2.75. The molecule has 1 amide bonds. The number of H-pyrrole nitrogens is 1. The Morgan fingerprint density at radius 3 is 2.68 bits per heavy atom. The molecule has 0 saturated carbocycles. The van der Waals surface area contributed by atoms with Gasteiger partial charge < -0.3 is 15.0 Å². The lowest BCUT2D eigenvalue weighted by Gasteiger charge is -2.06. The Morgan fingerprint density at radius 2 is 1.95 bits per heavy atom. The lowest BCUT2D eigenvalue weighted by molar-refractivity contribution is -0.115. The van der Waals surface area contributed by atoms with Crippen molar-refractivity contribution < 1.29 is 9.53 Å². The molecule has 1 heterocycles. The second kappa shape index (κ2) is 5.93. The summed E-state index contributed by atoms with van der Waals surface area (Å²) in [6.45, 7) is 2.05. The van der Waals surface area contributed by atoms with Crippen LogP contribution in [0.1, 0.15) is 11.1 Å². The minimum atomic E-state index is -0.0347. The average molecular weight is 294 g/mol. The fourth-order valence-corrected chi connectivity index (χ4v) is 2.49. The van der Waals surface area contributed by atoms with Crippen molar-refractivity contribution in [2.45, 2.75) is 13.3 Å². The zero-order valence-electron chi connectivity index (χ0n) is 12.6. The Morgan fingerprint density at radius 1 is 1.18 bits per heavy atom. The standard InChI is InChI=1S/C18H18N2O2/c1-12-3-8-17-16(9-12)13(11-19-17)10-18(21)20-14-4-6-15(22-2)7-5-14/h3-9,11,19H,10H2,1-2H3,(H,20,21). The number of hydrogen-bond donors (Lipinski definition) is 2. The van der Waals surface area contributed by atoms with Crippen LogP contribution in [0, 0.1) is 6.92 Å². The van der Waals surface area contributed by atoms with Crippen molar-refractivity contribution in [1.82, 2.24) is 4.98 Å². The molecule has 3 aromatic rings. The summed E-state index contributed by atoms with van der Waals surface area (Å²) >= 11 is 0. The summed E-state index contributed by atoms with van der Waals surface area (Å²) in [5.41, 5.74) is 4.01. The van der Waals surface area contributed by atoms with E-state index in [9.17, 15) is 4.79 Å². The van der Waals surface area contributed by atoms with Gasteiger partial charge >= 0.3 is 0 Å². The van der Waals surface area contributed by atoms with Crippen molar-refractivity contribution in [3.63, 3.8) is 0 Å². The van der Waals surface area contributed by atoms with E-state index in [4.69, 9.17) is 4.74 Å². The van der Waals surface area contributed by atoms with E-state index in [0.29, 0.717) is 6.42 Å². The van der Waals surface area contributed by atoms with Gasteiger partial charge in [-0.1, -0.05) is 11.6 Å². The van der Waals surface area contributed by atoms with E-state index < -0.39 is 0 Å². The van der Waals surface area contributed by atoms with E-state index in [0.717, 1.165) is 27.9 Å². The number of anilines is 1. The second-order valence-corrected chi connectivity index (χ2v) is 5.32. The number of methoxy groups -OCH3 is 1. The molecular formula is C18H18N2O2. The summed E-state index contributed by atoms with van der Waals surface area (Å²) in [5.74, 6) is 0.734. The molecule has 1 aromatic heterocycles. The first-order chi connectivity index (χ1) is 10.7. The minimum absolute atomic E-state index is 0.0347. The van der Waals surface area contributed by atoms with Gasteiger partial charge in [0.25, 0.3) is 0 Å². The monoisotopic (exact) mass is 294 g/mol. The summed E-state index contributed by atoms with van der Waals surface area (Å²) in [4.78, 5) is 15.4. The van der Waals surface area contributed by atoms with Crippen LogP contribution in [-0.2, 0) is 11.2 Å². The van der Waals surface area contributed by atoms with Gasteiger partial charge in [-0.15, -0.1) is 0 Å². The predicted molar refractivity (Wildman–Crippen MR) is 88.4 cm³/mol. The maximum atomic E-state index is 12.2. The van der Waals surface area contributed by atoms with Crippen molar-refractivity contribution in [1.29, 1.82) is 0 Å². The third-order valence-electron chi connectivity index (χ3n) is 3.65. The molecule has 2 aromatic carbocycles. The maximum absolute atomic E-state index is 12.2. The highest BCUT2D eigenvalue weighted by atomic mass is 16.5. The van der Waals surface area contributed by atoms with Crippen LogP contribution in [0.3, 0.4) is 0 Å². The van der Waals surface area contributed by atoms with Crippen molar-refractivity contribution in [3.05, 3.63) is 59.8 Å². The first-order valence-electron chi connectivity index (χ1n) is 7.16. The van der Waals surface area contributed by atoms with Gasteiger partial charge in [0.1, 0.15) is 5.75 Å². The molecule has 112 valence electrons. The summed E-state index contributed by atoms with van der Waals surface area (Å²) < 4.78 is 5.10. The zero-order valence-corrected chi connectivity index (χ0v) is 12.6. The van der Waals surface area contributed by atoms with Crippen LogP contribution in [0.15, 0.2) is 48.7 Å². The van der Waals surface area contributed by atoms with Gasteiger partial charge in [0, 0.05) is 22.8 Å². The van der Waals surface area contributed by atoms with Crippen LogP contribution < -0.4 is 10.1 Å². The molecule has 0 aliphatic carbocycles. The second-order valence-electron chi connectivity index (χ2n) is 5.32. The SMILES string of the molecule is COc1ccc(NC(=O)Cc2c[nH]c3ccc(C)cc23)cc1. The van der Waals surface area contributed by atoms with Crippen LogP contribution in [0.5, 0.6) is 5.75 Å². The van der Waals surface area contributed by atoms with E-state index >= 15 is 0 Å². The highest BCUT2D eigenvalue weighted by Gasteiger charge is 2.09. The Labute approximate surface area is 129 Å². The number of carbonyl (C=O) groups excluding carboxylic acids is 1. The topological polar surface area (TPSA) is 54.1 Å². The molecule has 22 heavy (non-hydrogen) atoms. The smallest absolute Gasteiger partial charge is 0.228 e. The predicted octanol–water partition coefficient (Wildman–Crippen LogP) is 3.67. The third-order valence-corrected chi connectivity index (χ3v) is 3.65. The number of benzene rings is 2. The number of aromatic nitrogens is 1. The summed E-state index contributed by atoms with van der Waals surface area (Å²) in [5, 5.41) is 4.00. The van der Waals surface area contributed by atoms with Crippen LogP contribution in [0.2, 0.25) is 0 Å². The van der Waals surface area contributed by atoms with E-state index in [1.807, 2.05) is 43.5 Å². The molecule has 0 aliphatic heterocycles. The molecule has 0 aliphatic rings. The van der Waals surface area contributed by atoms with Gasteiger partial charge in [-0.3, -0.25) is 4.79 Å². The summed E-state index contributed by atoms with van der Waals surface area (Å²) in [7, 11) is 1.62. The van der Waals surface area contributed by atoms with Crippen molar-refractivity contribution in [2.75, 3.05) is 12.4 Å². The van der Waals surface area contributed by atoms with Crippen LogP contribution >= 0.6 is 0 Å². The Balaban J connectivity index is 1.73. The van der Waals surface area contributed by atoms with Crippen molar-refractivity contribution in [2.24, 2.45) is 0 Å². The number of rotatable bonds is 4. The fraction of sp³-hybridized carbons (Fsp3) is 0.167. The molecule has 0 unspecified atom stereocenters. The molecule has 4 heteroatoms. The minimum Gasteiger partial charge on any atom is -0.497 e. The number of hydrogen-bond acceptors (Lipinski definition) is 2. The molecule has 0 fully saturated rings. The Bertz CT molecular complexity index is 804. The lowest BCUT2D eigenvalue weighted by Crippen LogP contribution is -2.14. The fourth-order valence-electron chi connectivity index (χ4n) is 2.49. The number of nitrogens with one attached hydrogen (secondary N) is 2. The quantitative estimate of drug-likeness (QED) is 0.771. The lowest BCUT2D eigenvalue weighted by atomic mass is 10.1. The van der Waals surface area contributed by atoms with Gasteiger partial charge in [-0.25, -0.2) is 0 Å². The van der Waals surface area contributed by atoms with Crippen LogP contribution in [-0.4, -0.2) is 18.0 Å². The normalized spacial score (nSPS) is 10.6. The first-order valence-corrected chi connectivity index (χ1v) is 7.16. The van der Waals surface area contributed by atoms with Crippen LogP contribution in [0.4, 0.5) is 5.69 Å². The van der Waals surface area contributed by atoms with Gasteiger partial charge in [-0.2, -0.15) is 0 Å². The maximum Gasteiger partial charge on any atom is 0.228 e. The molecule has 2 N–H and O–H groups in total. The number of fused-ring (bicyclic) bond motifs is 1. The highest BCUT2D eigenvalue weighted by Crippen LogP contribution is 2.21. The molecule has 3 rings (SSSR count). The van der Waals surface area contributed by atoms with Crippen molar-refractivity contribution >= 4 is 22.5 Å². The van der Waals surface area contributed by atoms with E-state index in [-0.39, 0.29) is 5.91 Å². The van der Waals surface area contributed by atoms with Crippen LogP contribution in [0.25, 0.3) is 10.9 Å². The largest absolute Gasteiger partial charge is 0.497 e. The highest BCUT2D eigenvalue weighted by molar-refractivity contribution is 5.95. The Kier molecular flexibility index (Phi) is 3.83. The summed E-state index contributed by atoms with van der Waals surface area (Å²) in [6.07, 6.45) is 2.24. The number of aromatic amines is 1. The number of amides is 1. The van der Waals surface area contributed by atoms with Gasteiger partial charge in [0.2, 0.25) is 5.91 Å². The number of aryl methyl sites for hydroxylation is 1. The van der Waals surface area contributed by atoms with E-state index in [2.05, 4.69) is 22.4 Å². The molecule has 4 nitrogen and oxygen atoms in total. The average Bonchev–Trinajstić information content (AvgIpc) is 2.90. The zero-order chi connectivity index (χ0) is 15.5. The molecular weight excluding hydrogens is 276 g/mol. The first kappa shape index (κ1) is 14.2. The number of carbonyl (C=O) groups is 1. The molecule has 0 atom stereocenters. The molecule has 0 spiro atoms. The number of ether oxygens (including phenoxy) is 1. The third kappa shape index (κ3) is 2.96. The van der Waals surface area contributed by atoms with E-state index in [1.54, 1.807) is 7.11 Å².